The van der Waals surface area contributed by atoms with Crippen molar-refractivity contribution in [1.82, 2.24) is 0 Å². The van der Waals surface area contributed by atoms with E-state index in [-0.39, 0.29) is 11.3 Å². The largest absolute Gasteiger partial charge is 0.434 e. The molecule has 0 saturated carbocycles. The maximum absolute atomic E-state index is 12.3. The molecule has 10 heteroatoms. The zero-order valence-corrected chi connectivity index (χ0v) is 14.5. The van der Waals surface area contributed by atoms with Crippen molar-refractivity contribution in [3.63, 3.8) is 0 Å². The topological polar surface area (TPSA) is 59.9 Å². The number of benzene rings is 2. The molecule has 0 bridgehead atoms. The van der Waals surface area contributed by atoms with Crippen LogP contribution in [0.3, 0.4) is 0 Å². The molecule has 0 unspecified atom stereocenters. The predicted octanol–water partition coefficient (Wildman–Crippen LogP) is 4.59. The first-order valence-corrected chi connectivity index (χ1v) is 8.36. The lowest BCUT2D eigenvalue weighted by Crippen LogP contribution is -2.16. The van der Waals surface area contributed by atoms with Gasteiger partial charge in [-0.05, 0) is 36.4 Å². The molecule has 5 nitrogen and oxygen atoms in total. The van der Waals surface area contributed by atoms with Crippen molar-refractivity contribution in [3.05, 3.63) is 54.1 Å². The number of nitrogens with one attached hydrogen (secondary N) is 1. The zero-order valence-electron chi connectivity index (χ0n) is 13.7. The molecule has 27 heavy (non-hydrogen) atoms. The van der Waals surface area contributed by atoms with Gasteiger partial charge in [-0.1, -0.05) is 29.1 Å². The van der Waals surface area contributed by atoms with Crippen LogP contribution in [0.1, 0.15) is 5.56 Å². The molecular weight excluding hydrogens is 388 g/mol. The van der Waals surface area contributed by atoms with Gasteiger partial charge in [-0.2, -0.15) is 17.6 Å². The highest BCUT2D eigenvalue weighted by Crippen LogP contribution is 2.26. The van der Waals surface area contributed by atoms with Crippen LogP contribution in [0.5, 0.6) is 5.75 Å². The van der Waals surface area contributed by atoms with E-state index in [4.69, 9.17) is 4.84 Å². The summed E-state index contributed by atoms with van der Waals surface area (Å²) >= 11 is 0.398. The fourth-order valence-electron chi connectivity index (χ4n) is 1.90. The highest BCUT2D eigenvalue weighted by Gasteiger charge is 2.08. The van der Waals surface area contributed by atoms with Crippen molar-refractivity contribution in [2.45, 2.75) is 17.3 Å². The van der Waals surface area contributed by atoms with Gasteiger partial charge in [0.1, 0.15) is 5.75 Å². The number of rotatable bonds is 9. The molecule has 2 aromatic carbocycles. The Balaban J connectivity index is 1.81. The fourth-order valence-corrected chi connectivity index (χ4v) is 2.40. The van der Waals surface area contributed by atoms with Crippen LogP contribution < -0.4 is 10.1 Å². The Labute approximate surface area is 156 Å². The molecule has 2 rings (SSSR count). The Morgan fingerprint density at radius 1 is 1.11 bits per heavy atom. The highest BCUT2D eigenvalue weighted by atomic mass is 32.2. The molecule has 0 spiro atoms. The minimum atomic E-state index is -2.98. The number of oxime groups is 1. The number of anilines is 1. The van der Waals surface area contributed by atoms with Crippen molar-refractivity contribution in [3.8, 4) is 5.75 Å². The van der Waals surface area contributed by atoms with E-state index in [0.717, 1.165) is 6.21 Å². The Morgan fingerprint density at radius 2 is 1.81 bits per heavy atom. The Hall–Kier alpha value is -2.75. The Kier molecular flexibility index (Phi) is 7.93. The van der Waals surface area contributed by atoms with Crippen LogP contribution >= 0.6 is 11.8 Å². The standard InChI is InChI=1S/C17H14F4N2O3S/c18-16(19)26-14-4-2-1-3-11(14)9-22-25-10-15(24)23-12-5-7-13(8-6-12)27-17(20)21/h1-9,16-17H,10H2,(H,23,24)/b22-9+. The second-order valence-electron chi connectivity index (χ2n) is 4.88. The first kappa shape index (κ1) is 20.6. The minimum Gasteiger partial charge on any atom is -0.434 e. The van der Waals surface area contributed by atoms with Crippen molar-refractivity contribution in [1.29, 1.82) is 0 Å². The summed E-state index contributed by atoms with van der Waals surface area (Å²) in [4.78, 5) is 16.9. The number of para-hydroxylation sites is 1. The molecule has 0 atom stereocenters. The monoisotopic (exact) mass is 402 g/mol. The summed E-state index contributed by atoms with van der Waals surface area (Å²) < 4.78 is 53.4. The molecule has 2 aromatic rings. The lowest BCUT2D eigenvalue weighted by Gasteiger charge is -2.07. The van der Waals surface area contributed by atoms with Gasteiger partial charge in [-0.25, -0.2) is 0 Å². The molecular formula is C17H14F4N2O3S. The molecule has 0 aliphatic carbocycles. The lowest BCUT2D eigenvalue weighted by molar-refractivity contribution is -0.120. The smallest absolute Gasteiger partial charge is 0.387 e. The van der Waals surface area contributed by atoms with E-state index in [1.807, 2.05) is 0 Å². The molecule has 0 heterocycles. The number of carbonyl (C=O) groups is 1. The number of ether oxygens (including phenoxy) is 1. The van der Waals surface area contributed by atoms with Crippen molar-refractivity contribution in [2.75, 3.05) is 11.9 Å². The van der Waals surface area contributed by atoms with Crippen LogP contribution in [0.15, 0.2) is 58.6 Å². The van der Waals surface area contributed by atoms with E-state index in [2.05, 4.69) is 15.2 Å². The van der Waals surface area contributed by atoms with E-state index in [1.54, 1.807) is 6.07 Å². The molecule has 0 aliphatic heterocycles. The molecule has 144 valence electrons. The molecule has 0 aromatic heterocycles. The Morgan fingerprint density at radius 3 is 2.48 bits per heavy atom. The van der Waals surface area contributed by atoms with Gasteiger partial charge in [-0.3, -0.25) is 4.79 Å². The molecule has 0 saturated heterocycles. The van der Waals surface area contributed by atoms with E-state index >= 15 is 0 Å². The number of nitrogens with zero attached hydrogens (tertiary/aromatic N) is 1. The van der Waals surface area contributed by atoms with Crippen molar-refractivity contribution >= 4 is 29.6 Å². The van der Waals surface area contributed by atoms with Crippen molar-refractivity contribution in [2.24, 2.45) is 5.16 Å². The van der Waals surface area contributed by atoms with Gasteiger partial charge in [0.2, 0.25) is 0 Å². The SMILES string of the molecule is O=C(CO/N=C/c1ccccc1OC(F)F)Nc1ccc(SC(F)F)cc1. The quantitative estimate of drug-likeness (QED) is 0.288. The summed E-state index contributed by atoms with van der Waals surface area (Å²) in [5, 5.41) is 6.04. The number of hydrogen-bond donors (Lipinski definition) is 1. The third-order valence-corrected chi connectivity index (χ3v) is 3.68. The normalized spacial score (nSPS) is 11.2. The van der Waals surface area contributed by atoms with E-state index < -0.39 is 24.9 Å². The number of amides is 1. The van der Waals surface area contributed by atoms with Gasteiger partial charge in [0.25, 0.3) is 11.7 Å². The summed E-state index contributed by atoms with van der Waals surface area (Å²) in [6, 6.07) is 11.8. The molecule has 0 aliphatic rings. The summed E-state index contributed by atoms with van der Waals surface area (Å²) in [5.41, 5.74) is 0.659. The second-order valence-corrected chi connectivity index (χ2v) is 5.94. The van der Waals surface area contributed by atoms with E-state index in [0.29, 0.717) is 22.3 Å². The number of thioether (sulfide) groups is 1. The van der Waals surface area contributed by atoms with Gasteiger partial charge in [0.05, 0.1) is 6.21 Å². The number of alkyl halides is 4. The maximum Gasteiger partial charge on any atom is 0.387 e. The first-order chi connectivity index (χ1) is 12.9. The fraction of sp³-hybridized carbons (Fsp3) is 0.176. The average molecular weight is 402 g/mol. The van der Waals surface area contributed by atoms with Gasteiger partial charge in [0.15, 0.2) is 6.61 Å². The van der Waals surface area contributed by atoms with Crippen LogP contribution in [0.4, 0.5) is 23.2 Å². The third kappa shape index (κ3) is 7.57. The second kappa shape index (κ2) is 10.4. The Bertz CT molecular complexity index is 773. The van der Waals surface area contributed by atoms with Gasteiger partial charge in [0, 0.05) is 16.1 Å². The predicted molar refractivity (Wildman–Crippen MR) is 93.6 cm³/mol. The first-order valence-electron chi connectivity index (χ1n) is 7.48. The summed E-state index contributed by atoms with van der Waals surface area (Å²) in [6.07, 6.45) is 1.14. The van der Waals surface area contributed by atoms with Crippen LogP contribution in [-0.4, -0.2) is 31.1 Å². The highest BCUT2D eigenvalue weighted by molar-refractivity contribution is 7.99. The molecule has 0 radical (unpaired) electrons. The number of halogens is 4. The number of hydrogen-bond acceptors (Lipinski definition) is 5. The van der Waals surface area contributed by atoms with Crippen LogP contribution in [-0.2, 0) is 9.63 Å². The number of carbonyl (C=O) groups excluding carboxylic acids is 1. The van der Waals surface area contributed by atoms with Gasteiger partial charge < -0.3 is 14.9 Å². The zero-order chi connectivity index (χ0) is 19.6. The van der Waals surface area contributed by atoms with Gasteiger partial charge >= 0.3 is 6.61 Å². The molecule has 0 fully saturated rings. The van der Waals surface area contributed by atoms with Gasteiger partial charge in [-0.15, -0.1) is 0 Å². The maximum atomic E-state index is 12.3. The van der Waals surface area contributed by atoms with E-state index in [9.17, 15) is 22.4 Å². The van der Waals surface area contributed by atoms with Crippen LogP contribution in [0.2, 0.25) is 0 Å². The molecule has 1 N–H and O–H groups in total. The summed E-state index contributed by atoms with van der Waals surface area (Å²) in [7, 11) is 0. The van der Waals surface area contributed by atoms with Crippen LogP contribution in [0.25, 0.3) is 0 Å². The summed E-state index contributed by atoms with van der Waals surface area (Å²) in [5.74, 6) is -3.13. The van der Waals surface area contributed by atoms with Crippen molar-refractivity contribution < 1.29 is 31.9 Å². The lowest BCUT2D eigenvalue weighted by atomic mass is 10.2. The average Bonchev–Trinajstić information content (AvgIpc) is 2.61. The summed E-state index contributed by atoms with van der Waals surface area (Å²) in [6.45, 7) is -3.40. The minimum absolute atomic E-state index is 0.0777. The van der Waals surface area contributed by atoms with Crippen LogP contribution in [0, 0.1) is 0 Å². The molecule has 1 amide bonds. The van der Waals surface area contributed by atoms with E-state index in [1.165, 1.54) is 42.5 Å². The third-order valence-electron chi connectivity index (χ3n) is 2.96.